The van der Waals surface area contributed by atoms with Crippen molar-refractivity contribution in [2.24, 2.45) is 0 Å². The molecule has 0 radical (unpaired) electrons. The fourth-order valence-corrected chi connectivity index (χ4v) is 2.05. The molecule has 0 N–H and O–H groups in total. The smallest absolute Gasteiger partial charge is 0.223 e. The van der Waals surface area contributed by atoms with E-state index in [1.807, 2.05) is 48.8 Å². The monoisotopic (exact) mass is 262 g/mol. The third kappa shape index (κ3) is 3.04. The molecule has 0 bridgehead atoms. The number of nitrogens with zero attached hydrogens (tertiary/aromatic N) is 1. The highest BCUT2D eigenvalue weighted by molar-refractivity contribution is 5.61. The number of aromatic nitrogens is 1. The Balaban J connectivity index is 1.68. The Hall–Kier alpha value is -2.61. The van der Waals surface area contributed by atoms with Gasteiger partial charge in [-0.15, -0.1) is 0 Å². The number of pyridine rings is 1. The van der Waals surface area contributed by atoms with Crippen LogP contribution in [0, 0.1) is 0 Å². The Morgan fingerprint density at radius 2 is 1.20 bits per heavy atom. The topological polar surface area (TPSA) is 13.1 Å². The first kappa shape index (κ1) is 12.4. The van der Waals surface area contributed by atoms with Gasteiger partial charge in [0.25, 0.3) is 0 Å². The zero-order valence-electron chi connectivity index (χ0n) is 11.1. The van der Waals surface area contributed by atoms with E-state index in [9.17, 15) is 0 Å². The van der Waals surface area contributed by atoms with Crippen molar-refractivity contribution in [3.63, 3.8) is 0 Å². The Morgan fingerprint density at radius 3 is 1.85 bits per heavy atom. The second-order valence-corrected chi connectivity index (χ2v) is 4.57. The van der Waals surface area contributed by atoms with Crippen LogP contribution in [0.3, 0.4) is 0 Å². The van der Waals surface area contributed by atoms with Gasteiger partial charge in [-0.2, -0.15) is 0 Å². The number of rotatable bonds is 4. The quantitative estimate of drug-likeness (QED) is 0.658. The lowest BCUT2D eigenvalue weighted by atomic mass is 10.1. The van der Waals surface area contributed by atoms with Gasteiger partial charge in [0.1, 0.15) is 0 Å². The zero-order chi connectivity index (χ0) is 13.6. The van der Waals surface area contributed by atoms with Crippen molar-refractivity contribution >= 4 is 0 Å². The average molecular weight is 262 g/mol. The van der Waals surface area contributed by atoms with Gasteiger partial charge in [-0.25, -0.2) is 0 Å². The molecule has 0 saturated carbocycles. The highest BCUT2D eigenvalue weighted by Crippen LogP contribution is 2.16. The molecular formula is C18H16NO+. The Morgan fingerprint density at radius 1 is 0.650 bits per heavy atom. The lowest BCUT2D eigenvalue weighted by molar-refractivity contribution is -0.895. The van der Waals surface area contributed by atoms with Crippen molar-refractivity contribution in [2.75, 3.05) is 0 Å². The molecule has 0 aliphatic heterocycles. The molecule has 98 valence electrons. The number of hydrogen-bond acceptors (Lipinski definition) is 1. The molecule has 0 spiro atoms. The molecule has 0 atom stereocenters. The standard InChI is InChI=1S/C18H16NO/c1-3-7-16(8-4-1)15-20-19-13-11-18(12-14-19)17-9-5-2-6-10-17/h1-14H,15H2/q+1. The van der Waals surface area contributed by atoms with Crippen LogP contribution in [0.15, 0.2) is 85.2 Å². The third-order valence-electron chi connectivity index (χ3n) is 3.13. The molecular weight excluding hydrogens is 246 g/mol. The van der Waals surface area contributed by atoms with E-state index in [2.05, 4.69) is 36.4 Å². The summed E-state index contributed by atoms with van der Waals surface area (Å²) in [6.45, 7) is 0.566. The summed E-state index contributed by atoms with van der Waals surface area (Å²) < 4.78 is 1.74. The van der Waals surface area contributed by atoms with Crippen LogP contribution >= 0.6 is 0 Å². The van der Waals surface area contributed by atoms with Gasteiger partial charge in [0.05, 0.1) is 0 Å². The molecule has 1 aromatic heterocycles. The van der Waals surface area contributed by atoms with E-state index in [0.717, 1.165) is 5.56 Å². The normalized spacial score (nSPS) is 10.2. The minimum Gasteiger partial charge on any atom is -0.267 e. The van der Waals surface area contributed by atoms with Gasteiger partial charge >= 0.3 is 0 Å². The van der Waals surface area contributed by atoms with E-state index in [0.29, 0.717) is 6.61 Å². The molecule has 3 rings (SSSR count). The van der Waals surface area contributed by atoms with Crippen molar-refractivity contribution in [2.45, 2.75) is 6.61 Å². The van der Waals surface area contributed by atoms with Crippen LogP contribution in [0.1, 0.15) is 5.56 Å². The fraction of sp³-hybridized carbons (Fsp3) is 0.0556. The molecule has 20 heavy (non-hydrogen) atoms. The van der Waals surface area contributed by atoms with Gasteiger partial charge in [-0.05, 0) is 16.7 Å². The Bertz CT molecular complexity index is 648. The van der Waals surface area contributed by atoms with Crippen LogP contribution in [0.25, 0.3) is 11.1 Å². The van der Waals surface area contributed by atoms with Gasteiger partial charge < -0.3 is 0 Å². The minimum atomic E-state index is 0.566. The van der Waals surface area contributed by atoms with E-state index < -0.39 is 0 Å². The predicted molar refractivity (Wildman–Crippen MR) is 78.8 cm³/mol. The van der Waals surface area contributed by atoms with Gasteiger partial charge in [0.2, 0.25) is 12.4 Å². The maximum Gasteiger partial charge on any atom is 0.223 e. The zero-order valence-corrected chi connectivity index (χ0v) is 11.1. The van der Waals surface area contributed by atoms with Crippen molar-refractivity contribution < 1.29 is 9.57 Å². The van der Waals surface area contributed by atoms with Crippen molar-refractivity contribution in [1.82, 2.24) is 0 Å². The molecule has 2 aromatic carbocycles. The van der Waals surface area contributed by atoms with Gasteiger partial charge in [0.15, 0.2) is 6.61 Å². The second kappa shape index (κ2) is 6.02. The minimum absolute atomic E-state index is 0.566. The van der Waals surface area contributed by atoms with E-state index in [1.54, 1.807) is 4.73 Å². The third-order valence-corrected chi connectivity index (χ3v) is 3.13. The van der Waals surface area contributed by atoms with Gasteiger partial charge in [-0.1, -0.05) is 60.7 Å². The molecule has 0 fully saturated rings. The summed E-state index contributed by atoms with van der Waals surface area (Å²) >= 11 is 0. The van der Waals surface area contributed by atoms with E-state index >= 15 is 0 Å². The van der Waals surface area contributed by atoms with Crippen LogP contribution in [0.5, 0.6) is 0 Å². The molecule has 2 nitrogen and oxygen atoms in total. The van der Waals surface area contributed by atoms with Crippen LogP contribution in [-0.2, 0) is 6.61 Å². The Kier molecular flexibility index (Phi) is 3.74. The first-order valence-corrected chi connectivity index (χ1v) is 6.66. The fourth-order valence-electron chi connectivity index (χ4n) is 2.05. The Labute approximate surface area is 118 Å². The summed E-state index contributed by atoms with van der Waals surface area (Å²) in [6.07, 6.45) is 3.87. The van der Waals surface area contributed by atoms with Crippen LogP contribution in [-0.4, -0.2) is 0 Å². The number of hydrogen-bond donors (Lipinski definition) is 0. The molecule has 2 heteroatoms. The second-order valence-electron chi connectivity index (χ2n) is 4.57. The highest BCUT2D eigenvalue weighted by Gasteiger charge is 2.04. The predicted octanol–water partition coefficient (Wildman–Crippen LogP) is 3.27. The van der Waals surface area contributed by atoms with E-state index in [-0.39, 0.29) is 0 Å². The van der Waals surface area contributed by atoms with Gasteiger partial charge in [0, 0.05) is 16.9 Å². The maximum atomic E-state index is 5.70. The summed E-state index contributed by atoms with van der Waals surface area (Å²) in [5, 5.41) is 0. The maximum absolute atomic E-state index is 5.70. The van der Waals surface area contributed by atoms with Gasteiger partial charge in [-0.3, -0.25) is 4.84 Å². The molecule has 1 heterocycles. The first-order chi connectivity index (χ1) is 9.92. The van der Waals surface area contributed by atoms with E-state index in [1.165, 1.54) is 11.1 Å². The lowest BCUT2D eigenvalue weighted by Crippen LogP contribution is -2.41. The molecule has 0 aliphatic rings. The van der Waals surface area contributed by atoms with Crippen LogP contribution in [0.2, 0.25) is 0 Å². The van der Waals surface area contributed by atoms with Crippen LogP contribution < -0.4 is 9.57 Å². The summed E-state index contributed by atoms with van der Waals surface area (Å²) in [7, 11) is 0. The van der Waals surface area contributed by atoms with Crippen molar-refractivity contribution in [3.05, 3.63) is 90.8 Å². The van der Waals surface area contributed by atoms with Crippen molar-refractivity contribution in [1.29, 1.82) is 0 Å². The SMILES string of the molecule is c1ccc(CO[n+]2ccc(-c3ccccc3)cc2)cc1. The summed E-state index contributed by atoms with van der Waals surface area (Å²) in [5.74, 6) is 0. The molecule has 3 aromatic rings. The average Bonchev–Trinajstić information content (AvgIpc) is 2.55. The summed E-state index contributed by atoms with van der Waals surface area (Å²) in [5.41, 5.74) is 3.56. The molecule has 0 saturated heterocycles. The van der Waals surface area contributed by atoms with E-state index in [4.69, 9.17) is 4.84 Å². The van der Waals surface area contributed by atoms with Crippen molar-refractivity contribution in [3.8, 4) is 11.1 Å². The first-order valence-electron chi connectivity index (χ1n) is 6.66. The largest absolute Gasteiger partial charge is 0.267 e. The summed E-state index contributed by atoms with van der Waals surface area (Å²) in [4.78, 5) is 5.70. The number of benzene rings is 2. The lowest BCUT2D eigenvalue weighted by Gasteiger charge is -2.01. The molecule has 0 unspecified atom stereocenters. The summed E-state index contributed by atoms with van der Waals surface area (Å²) in [6, 6.07) is 24.6. The molecule has 0 amide bonds. The highest BCUT2D eigenvalue weighted by atomic mass is 16.7. The van der Waals surface area contributed by atoms with Crippen LogP contribution in [0.4, 0.5) is 0 Å². The molecule has 0 aliphatic carbocycles.